The lowest BCUT2D eigenvalue weighted by Crippen LogP contribution is -2.21. The minimum absolute atomic E-state index is 0.0921. The van der Waals surface area contributed by atoms with Gasteiger partial charge >= 0.3 is 0 Å². The molecule has 132 valence electrons. The SMILES string of the molecule is C=CC[C@H]1C=C[C@@H]2C(=C1)P(=O)(c1ccccc1)N(C)[C@H]2c1ccccc1. The molecule has 26 heavy (non-hydrogen) atoms. The third-order valence-electron chi connectivity index (χ3n) is 5.52. The number of rotatable bonds is 4. The monoisotopic (exact) mass is 361 g/mol. The number of hydrogen-bond donors (Lipinski definition) is 0. The van der Waals surface area contributed by atoms with E-state index < -0.39 is 7.29 Å². The largest absolute Gasteiger partial charge is 0.297 e. The summed E-state index contributed by atoms with van der Waals surface area (Å²) >= 11 is 0. The number of allylic oxidation sites excluding steroid dienone is 3. The van der Waals surface area contributed by atoms with E-state index in [9.17, 15) is 4.57 Å². The molecule has 1 aliphatic heterocycles. The van der Waals surface area contributed by atoms with Crippen LogP contribution >= 0.6 is 7.29 Å². The van der Waals surface area contributed by atoms with E-state index in [2.05, 4.69) is 53.7 Å². The Labute approximate surface area is 156 Å². The van der Waals surface area contributed by atoms with Gasteiger partial charge in [-0.2, -0.15) is 0 Å². The molecule has 0 bridgehead atoms. The highest BCUT2D eigenvalue weighted by molar-refractivity contribution is 7.73. The van der Waals surface area contributed by atoms with Crippen LogP contribution in [0.2, 0.25) is 0 Å². The van der Waals surface area contributed by atoms with Crippen LogP contribution in [0, 0.1) is 11.8 Å². The van der Waals surface area contributed by atoms with Gasteiger partial charge in [0, 0.05) is 16.5 Å². The van der Waals surface area contributed by atoms with Crippen molar-refractivity contribution in [2.75, 3.05) is 7.05 Å². The van der Waals surface area contributed by atoms with Crippen molar-refractivity contribution < 1.29 is 4.57 Å². The number of fused-ring (bicyclic) bond motifs is 1. The Hall–Kier alpha value is -2.15. The summed E-state index contributed by atoms with van der Waals surface area (Å²) in [6.45, 7) is 3.87. The van der Waals surface area contributed by atoms with Crippen molar-refractivity contribution >= 4 is 12.6 Å². The fourth-order valence-electron chi connectivity index (χ4n) is 4.28. The smallest absolute Gasteiger partial charge is 0.203 e. The second kappa shape index (κ2) is 6.87. The minimum Gasteiger partial charge on any atom is -0.297 e. The van der Waals surface area contributed by atoms with Crippen LogP contribution in [0.3, 0.4) is 0 Å². The fraction of sp³-hybridized carbons (Fsp3) is 0.217. The Morgan fingerprint density at radius 3 is 2.35 bits per heavy atom. The Balaban J connectivity index is 1.88. The molecular weight excluding hydrogens is 337 g/mol. The Morgan fingerprint density at radius 2 is 1.69 bits per heavy atom. The minimum atomic E-state index is -2.82. The van der Waals surface area contributed by atoms with E-state index in [1.165, 1.54) is 5.56 Å². The molecule has 0 amide bonds. The van der Waals surface area contributed by atoms with E-state index in [0.717, 1.165) is 17.0 Å². The molecule has 0 spiro atoms. The van der Waals surface area contributed by atoms with E-state index in [1.807, 2.05) is 49.5 Å². The number of nitrogens with zero attached hydrogens (tertiary/aromatic N) is 1. The van der Waals surface area contributed by atoms with Crippen molar-refractivity contribution in [1.82, 2.24) is 4.67 Å². The second-order valence-electron chi connectivity index (χ2n) is 7.03. The zero-order chi connectivity index (χ0) is 18.1. The van der Waals surface area contributed by atoms with Crippen LogP contribution in [-0.4, -0.2) is 11.7 Å². The molecule has 1 saturated heterocycles. The normalized spacial score (nSPS) is 30.7. The second-order valence-corrected chi connectivity index (χ2v) is 9.85. The van der Waals surface area contributed by atoms with Crippen molar-refractivity contribution in [2.24, 2.45) is 11.8 Å². The molecule has 0 aromatic heterocycles. The molecule has 1 heterocycles. The molecule has 2 aliphatic rings. The lowest BCUT2D eigenvalue weighted by molar-refractivity contribution is 0.371. The average molecular weight is 361 g/mol. The van der Waals surface area contributed by atoms with Gasteiger partial charge in [0.05, 0.1) is 6.04 Å². The van der Waals surface area contributed by atoms with E-state index in [0.29, 0.717) is 0 Å². The Morgan fingerprint density at radius 1 is 1.04 bits per heavy atom. The molecule has 2 aromatic carbocycles. The lowest BCUT2D eigenvalue weighted by atomic mass is 9.86. The van der Waals surface area contributed by atoms with Crippen LogP contribution < -0.4 is 5.30 Å². The number of hydrogen-bond acceptors (Lipinski definition) is 1. The predicted molar refractivity (Wildman–Crippen MR) is 110 cm³/mol. The molecule has 4 rings (SSSR count). The van der Waals surface area contributed by atoms with Gasteiger partial charge < -0.3 is 0 Å². The van der Waals surface area contributed by atoms with E-state index in [4.69, 9.17) is 0 Å². The summed E-state index contributed by atoms with van der Waals surface area (Å²) in [5.74, 6) is 0.424. The summed E-state index contributed by atoms with van der Waals surface area (Å²) in [5.41, 5.74) is 1.21. The van der Waals surface area contributed by atoms with Crippen molar-refractivity contribution in [1.29, 1.82) is 0 Å². The standard InChI is InChI=1S/C23H24NOP/c1-3-10-18-15-16-21-22(17-18)26(25,20-13-8-5-9-14-20)24(2)23(21)19-11-6-4-7-12-19/h3-9,11-18,21,23H,1,10H2,2H3/t18-,21+,23-,26?/m0/s1. The van der Waals surface area contributed by atoms with Crippen LogP contribution in [0.1, 0.15) is 18.0 Å². The average Bonchev–Trinajstić information content (AvgIpc) is 2.92. The highest BCUT2D eigenvalue weighted by Gasteiger charge is 2.52. The van der Waals surface area contributed by atoms with Gasteiger partial charge in [0.2, 0.25) is 7.29 Å². The molecule has 2 nitrogen and oxygen atoms in total. The summed E-state index contributed by atoms with van der Waals surface area (Å²) in [6.07, 6.45) is 9.56. The summed E-state index contributed by atoms with van der Waals surface area (Å²) in [7, 11) is -0.804. The molecule has 2 aromatic rings. The van der Waals surface area contributed by atoms with Crippen LogP contribution in [0.4, 0.5) is 0 Å². The van der Waals surface area contributed by atoms with Gasteiger partial charge in [0.25, 0.3) is 0 Å². The zero-order valence-corrected chi connectivity index (χ0v) is 15.9. The third-order valence-corrected chi connectivity index (χ3v) is 8.80. The van der Waals surface area contributed by atoms with Gasteiger partial charge in [-0.3, -0.25) is 4.57 Å². The topological polar surface area (TPSA) is 20.3 Å². The maximum absolute atomic E-state index is 14.4. The van der Waals surface area contributed by atoms with Crippen molar-refractivity contribution in [2.45, 2.75) is 12.5 Å². The summed E-state index contributed by atoms with van der Waals surface area (Å²) in [6, 6.07) is 20.5. The van der Waals surface area contributed by atoms with E-state index in [1.54, 1.807) is 0 Å². The van der Waals surface area contributed by atoms with Gasteiger partial charge in [-0.05, 0) is 37.1 Å². The van der Waals surface area contributed by atoms with Crippen LogP contribution in [0.5, 0.6) is 0 Å². The summed E-state index contributed by atoms with van der Waals surface area (Å²) in [5, 5.41) is 2.00. The van der Waals surface area contributed by atoms with Gasteiger partial charge in [-0.1, -0.05) is 72.8 Å². The van der Waals surface area contributed by atoms with Crippen molar-refractivity contribution in [3.63, 3.8) is 0 Å². The molecule has 1 unspecified atom stereocenters. The molecule has 0 radical (unpaired) electrons. The molecule has 1 aliphatic carbocycles. The van der Waals surface area contributed by atoms with Gasteiger partial charge in [0.1, 0.15) is 0 Å². The molecular formula is C23H24NOP. The van der Waals surface area contributed by atoms with Crippen molar-refractivity contribution in [3.05, 3.63) is 102 Å². The molecule has 0 N–H and O–H groups in total. The van der Waals surface area contributed by atoms with E-state index in [-0.39, 0.29) is 17.9 Å². The van der Waals surface area contributed by atoms with E-state index >= 15 is 0 Å². The molecule has 0 saturated carbocycles. The quantitative estimate of drug-likeness (QED) is 0.526. The summed E-state index contributed by atoms with van der Waals surface area (Å²) in [4.78, 5) is 0. The summed E-state index contributed by atoms with van der Waals surface area (Å²) < 4.78 is 16.6. The Bertz CT molecular complexity index is 900. The van der Waals surface area contributed by atoms with Crippen LogP contribution in [0.25, 0.3) is 0 Å². The first kappa shape index (κ1) is 17.3. The maximum atomic E-state index is 14.4. The zero-order valence-electron chi connectivity index (χ0n) is 15.0. The first-order chi connectivity index (χ1) is 12.7. The molecule has 1 fully saturated rings. The van der Waals surface area contributed by atoms with Gasteiger partial charge in [-0.25, -0.2) is 4.67 Å². The van der Waals surface area contributed by atoms with Crippen LogP contribution in [0.15, 0.2) is 96.9 Å². The van der Waals surface area contributed by atoms with Gasteiger partial charge in [0.15, 0.2) is 0 Å². The number of benzene rings is 2. The van der Waals surface area contributed by atoms with Crippen LogP contribution in [-0.2, 0) is 4.57 Å². The Kier molecular flexibility index (Phi) is 4.56. The highest BCUT2D eigenvalue weighted by Crippen LogP contribution is 2.70. The third kappa shape index (κ3) is 2.65. The first-order valence-corrected chi connectivity index (χ1v) is 10.8. The maximum Gasteiger partial charge on any atom is 0.203 e. The molecule has 4 atom stereocenters. The fourth-order valence-corrected chi connectivity index (χ4v) is 7.54. The van der Waals surface area contributed by atoms with Crippen molar-refractivity contribution in [3.8, 4) is 0 Å². The predicted octanol–water partition coefficient (Wildman–Crippen LogP) is 5.54. The first-order valence-electron chi connectivity index (χ1n) is 9.11. The lowest BCUT2D eigenvalue weighted by Gasteiger charge is -2.26. The van der Waals surface area contributed by atoms with Gasteiger partial charge in [-0.15, -0.1) is 6.58 Å². The highest BCUT2D eigenvalue weighted by atomic mass is 31.2. The molecule has 3 heteroatoms.